The van der Waals surface area contributed by atoms with Crippen molar-refractivity contribution in [1.82, 2.24) is 0 Å². The first kappa shape index (κ1) is 20.2. The molecule has 0 fully saturated rings. The highest BCUT2D eigenvalue weighted by Gasteiger charge is 2.39. The minimum absolute atomic E-state index is 0.00492. The van der Waals surface area contributed by atoms with Gasteiger partial charge in [0.2, 0.25) is 0 Å². The zero-order valence-corrected chi connectivity index (χ0v) is 17.1. The first-order valence-electron chi connectivity index (χ1n) is 7.25. The molecule has 1 rings (SSSR count). The van der Waals surface area contributed by atoms with Gasteiger partial charge in [-0.25, -0.2) is 4.79 Å². The summed E-state index contributed by atoms with van der Waals surface area (Å²) in [7, 11) is -0.780. The Hall–Kier alpha value is -0.893. The van der Waals surface area contributed by atoms with E-state index in [1.165, 1.54) is 13.2 Å². The molecule has 0 saturated heterocycles. The molecule has 1 heterocycles. The van der Waals surface area contributed by atoms with Crippen LogP contribution < -0.4 is 5.32 Å². The molecule has 1 N–H and O–H groups in total. The van der Waals surface area contributed by atoms with Gasteiger partial charge in [-0.3, -0.25) is 4.79 Å². The summed E-state index contributed by atoms with van der Waals surface area (Å²) in [5.74, 6) is -0.847. The summed E-state index contributed by atoms with van der Waals surface area (Å²) in [6, 6.07) is 1.48. The van der Waals surface area contributed by atoms with Crippen molar-refractivity contribution in [3.05, 3.63) is 16.0 Å². The molecule has 8 heteroatoms. The Bertz CT molecular complexity index is 595. The number of thiophene rings is 1. The molecular weight excluding hydrogens is 354 g/mol. The van der Waals surface area contributed by atoms with Crippen molar-refractivity contribution in [1.29, 1.82) is 0 Å². The molecule has 0 aliphatic heterocycles. The number of rotatable bonds is 5. The number of hydrogen-bond acceptors (Lipinski definition) is 5. The lowest BCUT2D eigenvalue weighted by molar-refractivity contribution is -0.122. The monoisotopic (exact) mass is 377 g/mol. The topological polar surface area (TPSA) is 64.6 Å². The lowest BCUT2D eigenvalue weighted by atomic mass is 10.2. The lowest BCUT2D eigenvalue weighted by Gasteiger charge is -2.37. The van der Waals surface area contributed by atoms with E-state index >= 15 is 0 Å². The molecule has 0 spiro atoms. The van der Waals surface area contributed by atoms with Crippen molar-refractivity contribution in [2.75, 3.05) is 12.4 Å². The van der Waals surface area contributed by atoms with Gasteiger partial charge in [-0.15, -0.1) is 11.3 Å². The molecule has 130 valence electrons. The van der Waals surface area contributed by atoms with Gasteiger partial charge in [-0.2, -0.15) is 0 Å². The van der Waals surface area contributed by atoms with E-state index in [0.29, 0.717) is 9.34 Å². The highest BCUT2D eigenvalue weighted by atomic mass is 35.5. The van der Waals surface area contributed by atoms with Crippen molar-refractivity contribution in [2.45, 2.75) is 51.9 Å². The van der Waals surface area contributed by atoms with E-state index < -0.39 is 20.4 Å². The van der Waals surface area contributed by atoms with Crippen LogP contribution in [0, 0.1) is 0 Å². The van der Waals surface area contributed by atoms with E-state index in [4.69, 9.17) is 20.8 Å². The quantitative estimate of drug-likeness (QED) is 0.604. The molecule has 23 heavy (non-hydrogen) atoms. The number of methoxy groups -OCH3 is 1. The van der Waals surface area contributed by atoms with Crippen LogP contribution in [0.25, 0.3) is 0 Å². The van der Waals surface area contributed by atoms with Gasteiger partial charge in [0.05, 0.1) is 17.0 Å². The number of hydrogen-bond donors (Lipinski definition) is 1. The van der Waals surface area contributed by atoms with Gasteiger partial charge < -0.3 is 14.5 Å². The van der Waals surface area contributed by atoms with E-state index in [9.17, 15) is 9.59 Å². The number of carbonyl (C=O) groups excluding carboxylic acids is 2. The Balaban J connectivity index is 2.86. The van der Waals surface area contributed by atoms with Gasteiger partial charge in [0.1, 0.15) is 11.1 Å². The highest BCUT2D eigenvalue weighted by Crippen LogP contribution is 2.37. The summed E-state index contributed by atoms with van der Waals surface area (Å²) in [5.41, 5.74) is 0.246. The fraction of sp³-hybridized carbons (Fsp3) is 0.600. The van der Waals surface area contributed by atoms with Gasteiger partial charge in [0.25, 0.3) is 5.91 Å². The van der Waals surface area contributed by atoms with Crippen LogP contribution in [-0.2, 0) is 14.0 Å². The molecule has 5 nitrogen and oxygen atoms in total. The zero-order chi connectivity index (χ0) is 18.0. The molecule has 1 aromatic rings. The summed E-state index contributed by atoms with van der Waals surface area (Å²) in [4.78, 5) is 24.1. The molecule has 0 aliphatic carbocycles. The van der Waals surface area contributed by atoms with Crippen LogP contribution >= 0.6 is 22.9 Å². The Kier molecular flexibility index (Phi) is 6.43. The Morgan fingerprint density at radius 1 is 1.35 bits per heavy atom. The zero-order valence-electron chi connectivity index (χ0n) is 14.6. The average Bonchev–Trinajstić information content (AvgIpc) is 2.76. The van der Waals surface area contributed by atoms with E-state index in [-0.39, 0.29) is 16.5 Å². The summed E-state index contributed by atoms with van der Waals surface area (Å²) < 4.78 is 11.1. The average molecular weight is 378 g/mol. The number of nitrogens with one attached hydrogen (secondary N) is 1. The van der Waals surface area contributed by atoms with E-state index in [1.807, 2.05) is 0 Å². The predicted molar refractivity (Wildman–Crippen MR) is 97.0 cm³/mol. The lowest BCUT2D eigenvalue weighted by Crippen LogP contribution is -2.46. The molecule has 1 unspecified atom stereocenters. The number of esters is 1. The summed E-state index contributed by atoms with van der Waals surface area (Å²) in [6.07, 6.45) is -0.623. The molecule has 1 atom stereocenters. The second-order valence-electron chi connectivity index (χ2n) is 6.79. The molecule has 1 amide bonds. The van der Waals surface area contributed by atoms with Gasteiger partial charge in [0.15, 0.2) is 8.32 Å². The smallest absolute Gasteiger partial charge is 0.340 e. The van der Waals surface area contributed by atoms with Gasteiger partial charge in [-0.05, 0) is 31.1 Å². The molecule has 0 radical (unpaired) electrons. The van der Waals surface area contributed by atoms with Crippen LogP contribution in [0.2, 0.25) is 22.5 Å². The van der Waals surface area contributed by atoms with E-state index in [1.54, 1.807) is 6.92 Å². The maximum Gasteiger partial charge on any atom is 0.340 e. The fourth-order valence-electron chi connectivity index (χ4n) is 1.60. The normalized spacial score (nSPS) is 13.6. The third kappa shape index (κ3) is 5.04. The van der Waals surface area contributed by atoms with Crippen LogP contribution in [-0.4, -0.2) is 33.4 Å². The fourth-order valence-corrected chi connectivity index (χ4v) is 4.06. The predicted octanol–water partition coefficient (Wildman–Crippen LogP) is 4.54. The Labute approximate surface area is 147 Å². The van der Waals surface area contributed by atoms with Crippen LogP contribution in [0.15, 0.2) is 6.07 Å². The molecule has 0 saturated carbocycles. The summed E-state index contributed by atoms with van der Waals surface area (Å²) in [5, 5.41) is 3.09. The van der Waals surface area contributed by atoms with Crippen molar-refractivity contribution in [2.24, 2.45) is 0 Å². The van der Waals surface area contributed by atoms with Crippen LogP contribution in [0.4, 0.5) is 5.00 Å². The minimum Gasteiger partial charge on any atom is -0.465 e. The number of ether oxygens (including phenoxy) is 1. The van der Waals surface area contributed by atoms with Crippen LogP contribution in [0.5, 0.6) is 0 Å². The third-order valence-corrected chi connectivity index (χ3v) is 9.73. The number of halogens is 1. The maximum absolute atomic E-state index is 12.4. The SMILES string of the molecule is COC(=O)c1cc(Cl)sc1NC(=O)C(C)O[Si](C)(C)C(C)(C)C. The maximum atomic E-state index is 12.4. The third-order valence-electron chi connectivity index (χ3n) is 3.99. The first-order valence-corrected chi connectivity index (χ1v) is 11.4. The van der Waals surface area contributed by atoms with E-state index in [0.717, 1.165) is 11.3 Å². The molecule has 1 aromatic heterocycles. The summed E-state index contributed by atoms with van der Waals surface area (Å²) in [6.45, 7) is 12.2. The van der Waals surface area contributed by atoms with Crippen molar-refractivity contribution < 1.29 is 18.8 Å². The van der Waals surface area contributed by atoms with Gasteiger partial charge >= 0.3 is 5.97 Å². The van der Waals surface area contributed by atoms with Crippen molar-refractivity contribution in [3.63, 3.8) is 0 Å². The van der Waals surface area contributed by atoms with Crippen LogP contribution in [0.3, 0.4) is 0 Å². The Morgan fingerprint density at radius 2 is 1.91 bits per heavy atom. The van der Waals surface area contributed by atoms with E-state index in [2.05, 4.69) is 39.2 Å². The van der Waals surface area contributed by atoms with Crippen molar-refractivity contribution in [3.8, 4) is 0 Å². The number of anilines is 1. The number of amides is 1. The number of carbonyl (C=O) groups is 2. The second kappa shape index (κ2) is 7.34. The standard InChI is InChI=1S/C15H24ClNO4SSi/c1-9(21-23(6,7)15(2,3)4)12(18)17-13-10(14(19)20-5)8-11(16)22-13/h8-9H,1-7H3,(H,17,18). The first-order chi connectivity index (χ1) is 10.4. The largest absolute Gasteiger partial charge is 0.465 e. The minimum atomic E-state index is -2.06. The van der Waals surface area contributed by atoms with Gasteiger partial charge in [-0.1, -0.05) is 32.4 Å². The van der Waals surface area contributed by atoms with Crippen LogP contribution in [0.1, 0.15) is 38.1 Å². The van der Waals surface area contributed by atoms with Gasteiger partial charge in [0, 0.05) is 0 Å². The molecule has 0 bridgehead atoms. The highest BCUT2D eigenvalue weighted by molar-refractivity contribution is 7.20. The van der Waals surface area contributed by atoms with Crippen molar-refractivity contribution >= 4 is 48.1 Å². The molecular formula is C15H24ClNO4SSi. The summed E-state index contributed by atoms with van der Waals surface area (Å²) >= 11 is 7.05. The Morgan fingerprint density at radius 3 is 2.39 bits per heavy atom. The second-order valence-corrected chi connectivity index (χ2v) is 13.2. The molecule has 0 aliphatic rings. The molecule has 0 aromatic carbocycles.